The van der Waals surface area contributed by atoms with Crippen molar-refractivity contribution >= 4 is 5.91 Å². The van der Waals surface area contributed by atoms with Gasteiger partial charge in [-0.3, -0.25) is 14.9 Å². The number of aromatic nitrogens is 3. The summed E-state index contributed by atoms with van der Waals surface area (Å²) in [6.07, 6.45) is 5.11. The number of hydrogen-bond donors (Lipinski definition) is 1. The molecule has 2 heterocycles. The molecule has 24 heavy (non-hydrogen) atoms. The smallest absolute Gasteiger partial charge is 0.275 e. The molecule has 2 aromatic heterocycles. The number of amides is 1. The van der Waals surface area contributed by atoms with E-state index in [4.69, 9.17) is 4.74 Å². The highest BCUT2D eigenvalue weighted by atomic mass is 16.5. The van der Waals surface area contributed by atoms with E-state index in [1.54, 1.807) is 37.6 Å². The zero-order valence-electron chi connectivity index (χ0n) is 13.6. The molecule has 3 aromatic rings. The van der Waals surface area contributed by atoms with Gasteiger partial charge in [0.25, 0.3) is 5.91 Å². The summed E-state index contributed by atoms with van der Waals surface area (Å²) in [4.78, 5) is 18.4. The molecule has 6 nitrogen and oxygen atoms in total. The Balaban J connectivity index is 1.78. The molecule has 122 valence electrons. The molecule has 6 heteroatoms. The van der Waals surface area contributed by atoms with Crippen molar-refractivity contribution in [1.29, 1.82) is 0 Å². The van der Waals surface area contributed by atoms with Crippen LogP contribution in [0.5, 0.6) is 5.75 Å². The molecule has 0 spiro atoms. The van der Waals surface area contributed by atoms with E-state index in [1.807, 2.05) is 36.4 Å². The van der Waals surface area contributed by atoms with Gasteiger partial charge < -0.3 is 9.64 Å². The van der Waals surface area contributed by atoms with Crippen LogP contribution in [0.15, 0.2) is 55.0 Å². The topological polar surface area (TPSA) is 71.1 Å². The van der Waals surface area contributed by atoms with Crippen LogP contribution >= 0.6 is 0 Å². The fraction of sp³-hybridized carbons (Fsp3) is 0.167. The van der Waals surface area contributed by atoms with E-state index < -0.39 is 0 Å². The average molecular weight is 322 g/mol. The molecule has 0 saturated carbocycles. The lowest BCUT2D eigenvalue weighted by Crippen LogP contribution is -2.27. The maximum Gasteiger partial charge on any atom is 0.275 e. The van der Waals surface area contributed by atoms with E-state index in [0.717, 1.165) is 22.4 Å². The number of ether oxygens (including phenoxy) is 1. The third-order valence-corrected chi connectivity index (χ3v) is 3.76. The van der Waals surface area contributed by atoms with Crippen LogP contribution in [0.25, 0.3) is 11.1 Å². The lowest BCUT2D eigenvalue weighted by Gasteiger charge is -2.17. The van der Waals surface area contributed by atoms with E-state index in [0.29, 0.717) is 12.2 Å². The third-order valence-electron chi connectivity index (χ3n) is 3.76. The molecule has 0 radical (unpaired) electrons. The minimum absolute atomic E-state index is 0.140. The number of nitrogens with zero attached hydrogens (tertiary/aromatic N) is 3. The number of H-pyrrole nitrogens is 1. The van der Waals surface area contributed by atoms with Gasteiger partial charge in [0.05, 0.1) is 7.11 Å². The fourth-order valence-electron chi connectivity index (χ4n) is 2.46. The lowest BCUT2D eigenvalue weighted by molar-refractivity contribution is 0.0780. The zero-order chi connectivity index (χ0) is 16.9. The number of carbonyl (C=O) groups excluding carboxylic acids is 1. The van der Waals surface area contributed by atoms with Crippen LogP contribution in [0.3, 0.4) is 0 Å². The molecule has 0 aliphatic heterocycles. The van der Waals surface area contributed by atoms with Gasteiger partial charge in [0, 0.05) is 37.7 Å². The molecule has 0 atom stereocenters. The lowest BCUT2D eigenvalue weighted by atomic mass is 10.1. The second kappa shape index (κ2) is 6.95. The van der Waals surface area contributed by atoms with Crippen LogP contribution in [0.1, 0.15) is 16.1 Å². The molecule has 1 amide bonds. The Kier molecular flexibility index (Phi) is 4.56. The van der Waals surface area contributed by atoms with Gasteiger partial charge in [0.1, 0.15) is 5.75 Å². The maximum absolute atomic E-state index is 12.7. The summed E-state index contributed by atoms with van der Waals surface area (Å²) < 4.78 is 5.15. The van der Waals surface area contributed by atoms with E-state index >= 15 is 0 Å². The quantitative estimate of drug-likeness (QED) is 0.784. The van der Waals surface area contributed by atoms with Crippen molar-refractivity contribution in [2.45, 2.75) is 6.54 Å². The van der Waals surface area contributed by atoms with Crippen LogP contribution in [0.2, 0.25) is 0 Å². The number of hydrogen-bond acceptors (Lipinski definition) is 4. The van der Waals surface area contributed by atoms with Crippen molar-refractivity contribution in [3.8, 4) is 16.9 Å². The molecule has 1 N–H and O–H groups in total. The summed E-state index contributed by atoms with van der Waals surface area (Å²) in [5.41, 5.74) is 3.09. The summed E-state index contributed by atoms with van der Waals surface area (Å²) in [7, 11) is 3.39. The highest BCUT2D eigenvalue weighted by Gasteiger charge is 2.19. The van der Waals surface area contributed by atoms with E-state index in [2.05, 4.69) is 15.2 Å². The van der Waals surface area contributed by atoms with Gasteiger partial charge in [0.2, 0.25) is 0 Å². The largest absolute Gasteiger partial charge is 0.497 e. The van der Waals surface area contributed by atoms with Crippen molar-refractivity contribution in [2.75, 3.05) is 14.2 Å². The van der Waals surface area contributed by atoms with Gasteiger partial charge in [-0.25, -0.2) is 0 Å². The number of pyridine rings is 1. The number of benzene rings is 1. The Morgan fingerprint density at radius 2 is 1.88 bits per heavy atom. The van der Waals surface area contributed by atoms with E-state index in [1.165, 1.54) is 0 Å². The average Bonchev–Trinajstić information content (AvgIpc) is 3.12. The highest BCUT2D eigenvalue weighted by molar-refractivity contribution is 5.98. The Morgan fingerprint density at radius 3 is 2.54 bits per heavy atom. The number of methoxy groups -OCH3 is 1. The van der Waals surface area contributed by atoms with Crippen LogP contribution in [0.4, 0.5) is 0 Å². The van der Waals surface area contributed by atoms with Crippen LogP contribution < -0.4 is 4.74 Å². The predicted molar refractivity (Wildman–Crippen MR) is 90.6 cm³/mol. The van der Waals surface area contributed by atoms with Crippen molar-refractivity contribution in [3.05, 3.63) is 66.2 Å². The molecule has 1 aromatic carbocycles. The van der Waals surface area contributed by atoms with Gasteiger partial charge >= 0.3 is 0 Å². The number of nitrogens with one attached hydrogen (secondary N) is 1. The standard InChI is InChI=1S/C18H18N4O2/c1-22(12-13-3-5-15(24-2)6-4-13)18(23)17-16(11-20-21-17)14-7-9-19-10-8-14/h3-11H,12H2,1-2H3,(H,20,21). The van der Waals surface area contributed by atoms with Crippen LogP contribution in [-0.4, -0.2) is 40.1 Å². The number of rotatable bonds is 5. The van der Waals surface area contributed by atoms with Crippen molar-refractivity contribution in [2.24, 2.45) is 0 Å². The maximum atomic E-state index is 12.7. The molecule has 0 unspecified atom stereocenters. The SMILES string of the molecule is COc1ccc(CN(C)C(=O)c2n[nH]cc2-c2ccncc2)cc1. The van der Waals surface area contributed by atoms with Crippen molar-refractivity contribution in [1.82, 2.24) is 20.1 Å². The summed E-state index contributed by atoms with van der Waals surface area (Å²) >= 11 is 0. The molecule has 0 saturated heterocycles. The fourth-order valence-corrected chi connectivity index (χ4v) is 2.46. The summed E-state index contributed by atoms with van der Waals surface area (Å²) in [5.74, 6) is 0.652. The van der Waals surface area contributed by atoms with Crippen LogP contribution in [0, 0.1) is 0 Å². The summed E-state index contributed by atoms with van der Waals surface area (Å²) in [6.45, 7) is 0.492. The van der Waals surface area contributed by atoms with Crippen molar-refractivity contribution < 1.29 is 9.53 Å². The predicted octanol–water partition coefficient (Wildman–Crippen LogP) is 2.75. The molecule has 0 fully saturated rings. The monoisotopic (exact) mass is 322 g/mol. The van der Waals surface area contributed by atoms with E-state index in [9.17, 15) is 4.79 Å². The molecule has 0 aliphatic rings. The van der Waals surface area contributed by atoms with Gasteiger partial charge in [-0.2, -0.15) is 5.10 Å². The first-order valence-corrected chi connectivity index (χ1v) is 7.51. The zero-order valence-corrected chi connectivity index (χ0v) is 13.6. The van der Waals surface area contributed by atoms with Crippen molar-refractivity contribution in [3.63, 3.8) is 0 Å². The minimum Gasteiger partial charge on any atom is -0.497 e. The van der Waals surface area contributed by atoms with E-state index in [-0.39, 0.29) is 5.91 Å². The molecular weight excluding hydrogens is 304 g/mol. The third kappa shape index (κ3) is 3.27. The first-order chi connectivity index (χ1) is 11.7. The first-order valence-electron chi connectivity index (χ1n) is 7.51. The van der Waals surface area contributed by atoms with Gasteiger partial charge in [-0.15, -0.1) is 0 Å². The molecule has 0 bridgehead atoms. The Morgan fingerprint density at radius 1 is 1.17 bits per heavy atom. The minimum atomic E-state index is -0.140. The molecular formula is C18H18N4O2. The number of carbonyl (C=O) groups is 1. The van der Waals surface area contributed by atoms with Gasteiger partial charge in [-0.05, 0) is 35.4 Å². The Bertz CT molecular complexity index is 813. The Labute approximate surface area is 140 Å². The Hall–Kier alpha value is -3.15. The van der Waals surface area contributed by atoms with Gasteiger partial charge in [-0.1, -0.05) is 12.1 Å². The molecule has 0 aliphatic carbocycles. The highest BCUT2D eigenvalue weighted by Crippen LogP contribution is 2.22. The van der Waals surface area contributed by atoms with Crippen LogP contribution in [-0.2, 0) is 6.54 Å². The van der Waals surface area contributed by atoms with Gasteiger partial charge in [0.15, 0.2) is 5.69 Å². The second-order valence-electron chi connectivity index (χ2n) is 5.39. The molecule has 3 rings (SSSR count). The summed E-state index contributed by atoms with van der Waals surface area (Å²) in [6, 6.07) is 11.3. The number of aromatic amines is 1. The normalized spacial score (nSPS) is 10.4. The second-order valence-corrected chi connectivity index (χ2v) is 5.39. The first kappa shape index (κ1) is 15.7. The summed E-state index contributed by atoms with van der Waals surface area (Å²) in [5, 5.41) is 6.90.